The number of ether oxygens (including phenoxy) is 1. The Labute approximate surface area is 144 Å². The predicted octanol–water partition coefficient (Wildman–Crippen LogP) is 3.70. The van der Waals surface area contributed by atoms with Crippen LogP contribution in [0.3, 0.4) is 0 Å². The average molecular weight is 326 g/mol. The van der Waals surface area contributed by atoms with Crippen LogP contribution in [0.25, 0.3) is 0 Å². The van der Waals surface area contributed by atoms with Crippen LogP contribution in [0, 0.1) is 13.8 Å². The van der Waals surface area contributed by atoms with Gasteiger partial charge in [-0.3, -0.25) is 0 Å². The molecular weight excluding hydrogens is 300 g/mol. The fourth-order valence-electron chi connectivity index (χ4n) is 2.66. The Balaban J connectivity index is 1.87. The van der Waals surface area contributed by atoms with E-state index in [1.54, 1.807) is 12.0 Å². The molecule has 128 valence electrons. The van der Waals surface area contributed by atoms with E-state index in [4.69, 9.17) is 4.74 Å². The maximum absolute atomic E-state index is 12.3. The summed E-state index contributed by atoms with van der Waals surface area (Å²) in [6, 6.07) is 14.1. The normalized spacial score (nSPS) is 10.3. The first-order valence-corrected chi connectivity index (χ1v) is 8.18. The molecule has 2 aromatic carbocycles. The molecule has 0 radical (unpaired) electrons. The van der Waals surface area contributed by atoms with Gasteiger partial charge in [0, 0.05) is 20.1 Å². The summed E-state index contributed by atoms with van der Waals surface area (Å²) in [5.41, 5.74) is 4.66. The van der Waals surface area contributed by atoms with Crippen LogP contribution in [0.1, 0.15) is 22.3 Å². The lowest BCUT2D eigenvalue weighted by Crippen LogP contribution is -2.37. The Kier molecular flexibility index (Phi) is 6.24. The van der Waals surface area contributed by atoms with E-state index in [9.17, 15) is 4.79 Å². The minimum atomic E-state index is -0.0649. The molecule has 1 N–H and O–H groups in total. The third-order valence-electron chi connectivity index (χ3n) is 4.12. The summed E-state index contributed by atoms with van der Waals surface area (Å²) in [6.07, 6.45) is 0.745. The molecule has 2 amide bonds. The molecule has 0 saturated heterocycles. The van der Waals surface area contributed by atoms with E-state index >= 15 is 0 Å². The molecule has 0 bridgehead atoms. The van der Waals surface area contributed by atoms with Gasteiger partial charge in [0.1, 0.15) is 5.75 Å². The highest BCUT2D eigenvalue weighted by molar-refractivity contribution is 5.73. The highest BCUT2D eigenvalue weighted by Crippen LogP contribution is 2.19. The molecule has 0 spiro atoms. The number of carbonyl (C=O) groups is 1. The van der Waals surface area contributed by atoms with Crippen molar-refractivity contribution in [2.24, 2.45) is 0 Å². The van der Waals surface area contributed by atoms with Crippen molar-refractivity contribution in [3.05, 3.63) is 64.7 Å². The summed E-state index contributed by atoms with van der Waals surface area (Å²) in [4.78, 5) is 14.0. The second-order valence-electron chi connectivity index (χ2n) is 6.08. The Bertz CT molecular complexity index is 698. The first-order valence-electron chi connectivity index (χ1n) is 8.18. The fraction of sp³-hybridized carbons (Fsp3) is 0.350. The van der Waals surface area contributed by atoms with Crippen LogP contribution >= 0.6 is 0 Å². The number of methoxy groups -OCH3 is 1. The second kappa shape index (κ2) is 8.39. The molecule has 0 atom stereocenters. The maximum atomic E-state index is 12.3. The lowest BCUT2D eigenvalue weighted by atomic mass is 10.1. The van der Waals surface area contributed by atoms with Crippen molar-refractivity contribution in [3.63, 3.8) is 0 Å². The van der Waals surface area contributed by atoms with Crippen molar-refractivity contribution in [1.29, 1.82) is 0 Å². The minimum Gasteiger partial charge on any atom is -0.496 e. The zero-order chi connectivity index (χ0) is 17.5. The number of rotatable bonds is 6. The van der Waals surface area contributed by atoms with Gasteiger partial charge in [0.25, 0.3) is 0 Å². The van der Waals surface area contributed by atoms with Crippen LogP contribution < -0.4 is 10.1 Å². The van der Waals surface area contributed by atoms with Crippen molar-refractivity contribution in [1.82, 2.24) is 10.2 Å². The monoisotopic (exact) mass is 326 g/mol. The molecule has 0 aliphatic carbocycles. The van der Waals surface area contributed by atoms with E-state index in [0.717, 1.165) is 23.3 Å². The predicted molar refractivity (Wildman–Crippen MR) is 97.5 cm³/mol. The van der Waals surface area contributed by atoms with Crippen LogP contribution in [0.15, 0.2) is 42.5 Å². The first-order chi connectivity index (χ1) is 11.5. The van der Waals surface area contributed by atoms with Crippen molar-refractivity contribution in [3.8, 4) is 5.75 Å². The van der Waals surface area contributed by atoms with Gasteiger partial charge >= 0.3 is 6.03 Å². The largest absolute Gasteiger partial charge is 0.496 e. The number of benzene rings is 2. The van der Waals surface area contributed by atoms with Gasteiger partial charge in [0.05, 0.1) is 7.11 Å². The van der Waals surface area contributed by atoms with Crippen molar-refractivity contribution in [2.75, 3.05) is 20.7 Å². The molecule has 0 saturated carbocycles. The SMILES string of the molecule is COc1ccc(C)cc1CCNC(=O)N(C)Cc1ccccc1C. The number of hydrogen-bond acceptors (Lipinski definition) is 2. The zero-order valence-corrected chi connectivity index (χ0v) is 14.9. The number of hydrogen-bond donors (Lipinski definition) is 1. The highest BCUT2D eigenvalue weighted by atomic mass is 16.5. The highest BCUT2D eigenvalue weighted by Gasteiger charge is 2.10. The van der Waals surface area contributed by atoms with E-state index in [0.29, 0.717) is 13.1 Å². The summed E-state index contributed by atoms with van der Waals surface area (Å²) in [5, 5.41) is 2.97. The molecule has 0 aromatic heterocycles. The van der Waals surface area contributed by atoms with E-state index in [-0.39, 0.29) is 6.03 Å². The second-order valence-corrected chi connectivity index (χ2v) is 6.08. The molecule has 0 aliphatic heterocycles. The Morgan fingerprint density at radius 1 is 1.12 bits per heavy atom. The summed E-state index contributed by atoms with van der Waals surface area (Å²) in [7, 11) is 3.48. The van der Waals surface area contributed by atoms with E-state index in [1.165, 1.54) is 11.1 Å². The van der Waals surface area contributed by atoms with Crippen molar-refractivity contribution < 1.29 is 9.53 Å². The quantitative estimate of drug-likeness (QED) is 0.879. The molecule has 0 unspecified atom stereocenters. The first kappa shape index (κ1) is 17.9. The van der Waals surface area contributed by atoms with E-state index in [2.05, 4.69) is 37.4 Å². The number of aryl methyl sites for hydroxylation is 2. The zero-order valence-electron chi connectivity index (χ0n) is 14.9. The number of nitrogens with one attached hydrogen (secondary N) is 1. The van der Waals surface area contributed by atoms with Gasteiger partial charge in [-0.25, -0.2) is 4.79 Å². The lowest BCUT2D eigenvalue weighted by Gasteiger charge is -2.19. The van der Waals surface area contributed by atoms with Crippen LogP contribution in [0.4, 0.5) is 4.79 Å². The molecule has 0 aliphatic rings. The van der Waals surface area contributed by atoms with Gasteiger partial charge in [-0.1, -0.05) is 42.0 Å². The van der Waals surface area contributed by atoms with Gasteiger partial charge in [-0.2, -0.15) is 0 Å². The summed E-state index contributed by atoms with van der Waals surface area (Å²) < 4.78 is 5.37. The van der Waals surface area contributed by atoms with Gasteiger partial charge in [-0.05, 0) is 43.0 Å². The van der Waals surface area contributed by atoms with Crippen LogP contribution in [-0.4, -0.2) is 31.6 Å². The number of urea groups is 1. The van der Waals surface area contributed by atoms with Crippen LogP contribution in [0.2, 0.25) is 0 Å². The Hall–Kier alpha value is -2.49. The maximum Gasteiger partial charge on any atom is 0.317 e. The molecule has 2 aromatic rings. The van der Waals surface area contributed by atoms with Gasteiger partial charge in [0.2, 0.25) is 0 Å². The number of nitrogens with zero attached hydrogens (tertiary/aromatic N) is 1. The summed E-state index contributed by atoms with van der Waals surface area (Å²) >= 11 is 0. The molecule has 0 fully saturated rings. The fourth-order valence-corrected chi connectivity index (χ4v) is 2.66. The minimum absolute atomic E-state index is 0.0649. The Morgan fingerprint density at radius 3 is 2.58 bits per heavy atom. The van der Waals surface area contributed by atoms with Gasteiger partial charge in [-0.15, -0.1) is 0 Å². The molecule has 24 heavy (non-hydrogen) atoms. The molecule has 4 nitrogen and oxygen atoms in total. The lowest BCUT2D eigenvalue weighted by molar-refractivity contribution is 0.207. The molecular formula is C20H26N2O2. The third kappa shape index (κ3) is 4.75. The standard InChI is InChI=1S/C20H26N2O2/c1-15-9-10-19(24-4)17(13-15)11-12-21-20(23)22(3)14-18-8-6-5-7-16(18)2/h5-10,13H,11-12,14H2,1-4H3,(H,21,23). The van der Waals surface area contributed by atoms with Crippen molar-refractivity contribution in [2.45, 2.75) is 26.8 Å². The van der Waals surface area contributed by atoms with Crippen molar-refractivity contribution >= 4 is 6.03 Å². The molecule has 2 rings (SSSR count). The van der Waals surface area contributed by atoms with Crippen LogP contribution in [-0.2, 0) is 13.0 Å². The summed E-state index contributed by atoms with van der Waals surface area (Å²) in [5.74, 6) is 0.864. The molecule has 0 heterocycles. The number of amides is 2. The van der Waals surface area contributed by atoms with Crippen LogP contribution in [0.5, 0.6) is 5.75 Å². The Morgan fingerprint density at radius 2 is 1.88 bits per heavy atom. The topological polar surface area (TPSA) is 41.6 Å². The number of carbonyl (C=O) groups excluding carboxylic acids is 1. The van der Waals surface area contributed by atoms with E-state index in [1.807, 2.05) is 31.3 Å². The average Bonchev–Trinajstić information content (AvgIpc) is 2.57. The smallest absolute Gasteiger partial charge is 0.317 e. The molecule has 4 heteroatoms. The third-order valence-corrected chi connectivity index (χ3v) is 4.12. The van der Waals surface area contributed by atoms with E-state index < -0.39 is 0 Å². The summed E-state index contributed by atoms with van der Waals surface area (Å²) in [6.45, 7) is 5.30. The van der Waals surface area contributed by atoms with Gasteiger partial charge < -0.3 is 15.0 Å². The van der Waals surface area contributed by atoms with Gasteiger partial charge in [0.15, 0.2) is 0 Å².